The van der Waals surface area contributed by atoms with Crippen LogP contribution in [0.4, 0.5) is 0 Å². The average molecular weight is 292 g/mol. The number of nitrogens with two attached hydrogens (primary N) is 1. The maximum absolute atomic E-state index is 12.3. The van der Waals surface area contributed by atoms with Gasteiger partial charge in [-0.25, -0.2) is 0 Å². The molecule has 4 N–H and O–H groups in total. The van der Waals surface area contributed by atoms with Crippen molar-refractivity contribution in [1.29, 1.82) is 0 Å². The summed E-state index contributed by atoms with van der Waals surface area (Å²) in [7, 11) is 0. The zero-order valence-electron chi connectivity index (χ0n) is 11.8. The van der Waals surface area contributed by atoms with Gasteiger partial charge in [0, 0.05) is 38.4 Å². The van der Waals surface area contributed by atoms with Crippen molar-refractivity contribution < 1.29 is 9.59 Å². The Kier molecular flexibility index (Phi) is 5.10. The number of likely N-dealkylation sites (tertiary alicyclic amines) is 1. The number of hydrogen-bond acceptors (Lipinski definition) is 4. The maximum Gasteiger partial charge on any atom is 0.255 e. The summed E-state index contributed by atoms with van der Waals surface area (Å²) >= 11 is 0. The Morgan fingerprint density at radius 1 is 1.43 bits per heavy atom. The molecule has 1 aliphatic heterocycles. The van der Waals surface area contributed by atoms with Crippen molar-refractivity contribution in [2.45, 2.75) is 12.8 Å². The molecule has 114 valence electrons. The molecule has 7 nitrogen and oxygen atoms in total. The molecule has 0 saturated carbocycles. The largest absolute Gasteiger partial charge is 0.355 e. The van der Waals surface area contributed by atoms with Crippen molar-refractivity contribution in [3.05, 3.63) is 34.2 Å². The normalized spacial score (nSPS) is 18.3. The Hall–Kier alpha value is -2.15. The summed E-state index contributed by atoms with van der Waals surface area (Å²) in [6.07, 6.45) is 2.96. The molecular formula is C14H20N4O3. The Balaban J connectivity index is 2.00. The number of pyridine rings is 1. The number of aromatic amines is 1. The van der Waals surface area contributed by atoms with Crippen molar-refractivity contribution in [2.75, 3.05) is 26.2 Å². The molecule has 0 radical (unpaired) electrons. The first-order chi connectivity index (χ1) is 10.1. The van der Waals surface area contributed by atoms with E-state index in [0.717, 1.165) is 12.8 Å². The number of H-pyrrole nitrogens is 1. The standard InChI is InChI=1S/C14H20N4O3/c15-5-6-16-13(20)11-2-1-7-18(9-11)14(21)10-3-4-12(19)17-8-10/h3-4,8,11H,1-2,5-7,9,15H2,(H,16,20)(H,17,19). The fourth-order valence-corrected chi connectivity index (χ4v) is 2.44. The van der Waals surface area contributed by atoms with Crippen molar-refractivity contribution >= 4 is 11.8 Å². The Morgan fingerprint density at radius 3 is 2.90 bits per heavy atom. The molecule has 7 heteroatoms. The van der Waals surface area contributed by atoms with E-state index >= 15 is 0 Å². The molecule has 0 bridgehead atoms. The van der Waals surface area contributed by atoms with E-state index in [-0.39, 0.29) is 23.3 Å². The summed E-state index contributed by atoms with van der Waals surface area (Å²) in [5.74, 6) is -0.418. The van der Waals surface area contributed by atoms with Crippen LogP contribution in [-0.2, 0) is 4.79 Å². The number of carbonyl (C=O) groups is 2. The van der Waals surface area contributed by atoms with E-state index in [1.807, 2.05) is 0 Å². The third kappa shape index (κ3) is 3.91. The van der Waals surface area contributed by atoms with Gasteiger partial charge < -0.3 is 20.9 Å². The van der Waals surface area contributed by atoms with Crippen LogP contribution in [0.2, 0.25) is 0 Å². The molecule has 21 heavy (non-hydrogen) atoms. The lowest BCUT2D eigenvalue weighted by atomic mass is 9.96. The van der Waals surface area contributed by atoms with E-state index in [1.54, 1.807) is 4.90 Å². The first-order valence-corrected chi connectivity index (χ1v) is 7.07. The second-order valence-corrected chi connectivity index (χ2v) is 5.11. The van der Waals surface area contributed by atoms with Crippen molar-refractivity contribution in [2.24, 2.45) is 11.7 Å². The first-order valence-electron chi connectivity index (χ1n) is 7.07. The highest BCUT2D eigenvalue weighted by atomic mass is 16.2. The van der Waals surface area contributed by atoms with E-state index in [9.17, 15) is 14.4 Å². The van der Waals surface area contributed by atoms with Gasteiger partial charge in [0.05, 0.1) is 11.5 Å². The Morgan fingerprint density at radius 2 is 2.24 bits per heavy atom. The highest BCUT2D eigenvalue weighted by Crippen LogP contribution is 2.18. The monoisotopic (exact) mass is 292 g/mol. The Labute approximate surface area is 122 Å². The number of aromatic nitrogens is 1. The molecular weight excluding hydrogens is 272 g/mol. The molecule has 2 rings (SSSR count). The maximum atomic E-state index is 12.3. The number of amides is 2. The van der Waals surface area contributed by atoms with Gasteiger partial charge in [0.1, 0.15) is 0 Å². The average Bonchev–Trinajstić information content (AvgIpc) is 2.52. The minimum Gasteiger partial charge on any atom is -0.355 e. The molecule has 0 spiro atoms. The lowest BCUT2D eigenvalue weighted by Gasteiger charge is -2.32. The van der Waals surface area contributed by atoms with Gasteiger partial charge in [0.25, 0.3) is 5.91 Å². The SMILES string of the molecule is NCCNC(=O)C1CCCN(C(=O)c2ccc(=O)[nH]c2)C1. The van der Waals surface area contributed by atoms with E-state index in [1.165, 1.54) is 18.3 Å². The van der Waals surface area contributed by atoms with Gasteiger partial charge >= 0.3 is 0 Å². The first kappa shape index (κ1) is 15.2. The van der Waals surface area contributed by atoms with E-state index < -0.39 is 0 Å². The molecule has 1 aliphatic rings. The zero-order chi connectivity index (χ0) is 15.2. The van der Waals surface area contributed by atoms with Crippen molar-refractivity contribution in [3.63, 3.8) is 0 Å². The topological polar surface area (TPSA) is 108 Å². The molecule has 0 aromatic carbocycles. The fourth-order valence-electron chi connectivity index (χ4n) is 2.44. The third-order valence-corrected chi connectivity index (χ3v) is 3.55. The fraction of sp³-hybridized carbons (Fsp3) is 0.500. The lowest BCUT2D eigenvalue weighted by molar-refractivity contribution is -0.126. The molecule has 2 amide bonds. The second-order valence-electron chi connectivity index (χ2n) is 5.11. The quantitative estimate of drug-likeness (QED) is 0.682. The molecule has 2 heterocycles. The molecule has 1 atom stereocenters. The van der Waals surface area contributed by atoms with Crippen LogP contribution in [-0.4, -0.2) is 47.9 Å². The van der Waals surface area contributed by atoms with Crippen LogP contribution in [0.25, 0.3) is 0 Å². The molecule has 1 saturated heterocycles. The molecule has 1 fully saturated rings. The van der Waals surface area contributed by atoms with Crippen molar-refractivity contribution in [1.82, 2.24) is 15.2 Å². The van der Waals surface area contributed by atoms with Crippen LogP contribution in [0, 0.1) is 5.92 Å². The smallest absolute Gasteiger partial charge is 0.255 e. The number of carbonyl (C=O) groups excluding carboxylic acids is 2. The highest BCUT2D eigenvalue weighted by Gasteiger charge is 2.28. The van der Waals surface area contributed by atoms with E-state index in [4.69, 9.17) is 5.73 Å². The highest BCUT2D eigenvalue weighted by molar-refractivity contribution is 5.94. The van der Waals surface area contributed by atoms with Crippen molar-refractivity contribution in [3.8, 4) is 0 Å². The number of rotatable bonds is 4. The van der Waals surface area contributed by atoms with E-state index in [2.05, 4.69) is 10.3 Å². The summed E-state index contributed by atoms with van der Waals surface area (Å²) in [4.78, 5) is 39.5. The summed E-state index contributed by atoms with van der Waals surface area (Å²) in [5.41, 5.74) is 5.54. The summed E-state index contributed by atoms with van der Waals surface area (Å²) in [5, 5.41) is 2.76. The second kappa shape index (κ2) is 7.03. The molecule has 1 aromatic heterocycles. The van der Waals surface area contributed by atoms with Gasteiger partial charge in [0.15, 0.2) is 0 Å². The van der Waals surface area contributed by atoms with Gasteiger partial charge in [-0.3, -0.25) is 14.4 Å². The number of hydrogen-bond donors (Lipinski definition) is 3. The molecule has 1 unspecified atom stereocenters. The molecule has 1 aromatic rings. The van der Waals surface area contributed by atoms with Crippen LogP contribution in [0.1, 0.15) is 23.2 Å². The number of piperidine rings is 1. The van der Waals surface area contributed by atoms with Crippen LogP contribution in [0.15, 0.2) is 23.1 Å². The van der Waals surface area contributed by atoms with Gasteiger partial charge in [0.2, 0.25) is 11.5 Å². The summed E-state index contributed by atoms with van der Waals surface area (Å²) in [6.45, 7) is 1.87. The third-order valence-electron chi connectivity index (χ3n) is 3.55. The van der Waals surface area contributed by atoms with Gasteiger partial charge in [-0.1, -0.05) is 0 Å². The summed E-state index contributed by atoms with van der Waals surface area (Å²) in [6, 6.07) is 2.82. The number of nitrogens with zero attached hydrogens (tertiary/aromatic N) is 1. The minimum atomic E-state index is -0.246. The van der Waals surface area contributed by atoms with Crippen LogP contribution in [0.3, 0.4) is 0 Å². The lowest BCUT2D eigenvalue weighted by Crippen LogP contribution is -2.46. The van der Waals surface area contributed by atoms with E-state index in [0.29, 0.717) is 31.7 Å². The predicted octanol–water partition coefficient (Wildman–Crippen LogP) is -0.698. The zero-order valence-corrected chi connectivity index (χ0v) is 11.8. The van der Waals surface area contributed by atoms with Crippen LogP contribution in [0.5, 0.6) is 0 Å². The number of nitrogens with one attached hydrogen (secondary N) is 2. The predicted molar refractivity (Wildman–Crippen MR) is 77.8 cm³/mol. The van der Waals surface area contributed by atoms with Gasteiger partial charge in [-0.05, 0) is 18.9 Å². The van der Waals surface area contributed by atoms with Crippen LogP contribution >= 0.6 is 0 Å². The van der Waals surface area contributed by atoms with Gasteiger partial charge in [-0.2, -0.15) is 0 Å². The van der Waals surface area contributed by atoms with Crippen LogP contribution < -0.4 is 16.6 Å². The minimum absolute atomic E-state index is 0.0561. The summed E-state index contributed by atoms with van der Waals surface area (Å²) < 4.78 is 0. The van der Waals surface area contributed by atoms with Gasteiger partial charge in [-0.15, -0.1) is 0 Å². The molecule has 0 aliphatic carbocycles. The Bertz CT molecular complexity index is 549.